The van der Waals surface area contributed by atoms with E-state index in [4.69, 9.17) is 9.47 Å². The average molecular weight is 358 g/mol. The molecule has 0 radical (unpaired) electrons. The summed E-state index contributed by atoms with van der Waals surface area (Å²) in [4.78, 5) is 13.0. The lowest BCUT2D eigenvalue weighted by Gasteiger charge is -2.29. The zero-order chi connectivity index (χ0) is 19.1. The smallest absolute Gasteiger partial charge is 0.173 e. The maximum atomic E-state index is 13.5. The Morgan fingerprint density at radius 1 is 1.15 bits per heavy atom. The van der Waals surface area contributed by atoms with Gasteiger partial charge in [0.05, 0.1) is 18.2 Å². The number of Topliss-reactive ketones (excluding diaryl/α,β-unsaturated/α-hetero) is 1. The fourth-order valence-corrected chi connectivity index (χ4v) is 3.01. The minimum atomic E-state index is -0.974. The summed E-state index contributed by atoms with van der Waals surface area (Å²) in [5.74, 6) is -1.77. The van der Waals surface area contributed by atoms with Crippen molar-refractivity contribution in [2.45, 2.75) is 32.3 Å². The van der Waals surface area contributed by atoms with Crippen LogP contribution in [0.3, 0.4) is 0 Å². The highest BCUT2D eigenvalue weighted by atomic mass is 19.2. The van der Waals surface area contributed by atoms with Gasteiger partial charge in [0.1, 0.15) is 17.1 Å². The van der Waals surface area contributed by atoms with Crippen molar-refractivity contribution in [2.75, 3.05) is 7.11 Å². The first-order valence-electron chi connectivity index (χ1n) is 8.32. The van der Waals surface area contributed by atoms with Gasteiger partial charge in [-0.05, 0) is 55.8 Å². The first-order valence-corrected chi connectivity index (χ1v) is 8.32. The fraction of sp³-hybridized carbons (Fsp3) is 0.286. The number of carbonyl (C=O) groups excluding carboxylic acids is 1. The number of rotatable bonds is 4. The summed E-state index contributed by atoms with van der Waals surface area (Å²) in [6, 6.07) is 6.86. The molecule has 1 aliphatic rings. The van der Waals surface area contributed by atoms with E-state index in [1.807, 2.05) is 26.0 Å². The number of hydrogen-bond donors (Lipinski definition) is 0. The molecule has 0 amide bonds. The number of ketones is 1. The monoisotopic (exact) mass is 358 g/mol. The molecule has 5 heteroatoms. The number of carbonyl (C=O) groups is 1. The predicted octanol–water partition coefficient (Wildman–Crippen LogP) is 5.14. The van der Waals surface area contributed by atoms with E-state index in [1.165, 1.54) is 13.2 Å². The second-order valence-electron chi connectivity index (χ2n) is 6.86. The van der Waals surface area contributed by atoms with Crippen LogP contribution in [0.5, 0.6) is 11.5 Å². The van der Waals surface area contributed by atoms with Crippen molar-refractivity contribution in [3.8, 4) is 11.5 Å². The molecule has 0 saturated heterocycles. The van der Waals surface area contributed by atoms with Crippen LogP contribution in [-0.4, -0.2) is 18.5 Å². The maximum Gasteiger partial charge on any atom is 0.173 e. The highest BCUT2D eigenvalue weighted by Gasteiger charge is 2.28. The van der Waals surface area contributed by atoms with Crippen LogP contribution >= 0.6 is 0 Å². The van der Waals surface area contributed by atoms with Gasteiger partial charge in [0.25, 0.3) is 0 Å². The molecule has 0 aliphatic carbocycles. The van der Waals surface area contributed by atoms with Gasteiger partial charge in [-0.15, -0.1) is 0 Å². The third-order valence-electron chi connectivity index (χ3n) is 4.49. The second kappa shape index (κ2) is 6.56. The summed E-state index contributed by atoms with van der Waals surface area (Å²) in [6.07, 6.45) is 3.77. The molecule has 136 valence electrons. The Morgan fingerprint density at radius 2 is 1.88 bits per heavy atom. The van der Waals surface area contributed by atoms with E-state index in [1.54, 1.807) is 19.1 Å². The van der Waals surface area contributed by atoms with Crippen molar-refractivity contribution in [3.05, 3.63) is 64.7 Å². The molecule has 1 heterocycles. The molecule has 26 heavy (non-hydrogen) atoms. The molecule has 0 aromatic heterocycles. The Kier molecular flexibility index (Phi) is 4.57. The van der Waals surface area contributed by atoms with Gasteiger partial charge in [-0.25, -0.2) is 8.78 Å². The van der Waals surface area contributed by atoms with Crippen molar-refractivity contribution in [3.63, 3.8) is 0 Å². The SMILES string of the molecule is COc1c(C(=O)C(C)c2ccc(F)c(F)c2)ccc2c1C=CC(C)(C)O2. The van der Waals surface area contributed by atoms with Gasteiger partial charge in [0, 0.05) is 5.92 Å². The molecule has 0 spiro atoms. The number of benzene rings is 2. The number of methoxy groups -OCH3 is 1. The van der Waals surface area contributed by atoms with Crippen LogP contribution in [0.15, 0.2) is 36.4 Å². The van der Waals surface area contributed by atoms with Crippen molar-refractivity contribution in [1.29, 1.82) is 0 Å². The normalized spacial score (nSPS) is 15.8. The van der Waals surface area contributed by atoms with Crippen LogP contribution in [0.4, 0.5) is 8.78 Å². The minimum absolute atomic E-state index is 0.242. The molecule has 1 unspecified atom stereocenters. The summed E-state index contributed by atoms with van der Waals surface area (Å²) >= 11 is 0. The average Bonchev–Trinajstić information content (AvgIpc) is 2.60. The molecule has 3 rings (SSSR count). The van der Waals surface area contributed by atoms with E-state index in [2.05, 4.69) is 0 Å². The van der Waals surface area contributed by atoms with Crippen molar-refractivity contribution in [1.82, 2.24) is 0 Å². The lowest BCUT2D eigenvalue weighted by molar-refractivity contribution is 0.0962. The third kappa shape index (κ3) is 3.21. The van der Waals surface area contributed by atoms with Gasteiger partial charge in [-0.3, -0.25) is 4.79 Å². The molecular weight excluding hydrogens is 338 g/mol. The van der Waals surface area contributed by atoms with Crippen molar-refractivity contribution >= 4 is 11.9 Å². The van der Waals surface area contributed by atoms with Crippen LogP contribution in [0.1, 0.15) is 48.2 Å². The lowest BCUT2D eigenvalue weighted by atomic mass is 9.90. The second-order valence-corrected chi connectivity index (χ2v) is 6.86. The fourth-order valence-electron chi connectivity index (χ4n) is 3.01. The molecule has 3 nitrogen and oxygen atoms in total. The third-order valence-corrected chi connectivity index (χ3v) is 4.49. The molecular formula is C21H20F2O3. The summed E-state index contributed by atoms with van der Waals surface area (Å²) in [7, 11) is 1.49. The Morgan fingerprint density at radius 3 is 2.54 bits per heavy atom. The van der Waals surface area contributed by atoms with E-state index in [0.717, 1.165) is 12.1 Å². The number of hydrogen-bond acceptors (Lipinski definition) is 3. The van der Waals surface area contributed by atoms with Crippen LogP contribution in [0, 0.1) is 11.6 Å². The minimum Gasteiger partial charge on any atom is -0.495 e. The molecule has 2 aromatic carbocycles. The van der Waals surface area contributed by atoms with Gasteiger partial charge in [-0.2, -0.15) is 0 Å². The Balaban J connectivity index is 2.01. The van der Waals surface area contributed by atoms with E-state index in [-0.39, 0.29) is 5.78 Å². The first-order chi connectivity index (χ1) is 12.2. The van der Waals surface area contributed by atoms with Crippen LogP contribution in [0.2, 0.25) is 0 Å². The number of ether oxygens (including phenoxy) is 2. The van der Waals surface area contributed by atoms with Crippen LogP contribution in [-0.2, 0) is 0 Å². The zero-order valence-electron chi connectivity index (χ0n) is 15.1. The van der Waals surface area contributed by atoms with Crippen molar-refractivity contribution in [2.24, 2.45) is 0 Å². The molecule has 0 bridgehead atoms. The Hall–Kier alpha value is -2.69. The summed E-state index contributed by atoms with van der Waals surface area (Å²) in [5.41, 5.74) is 1.02. The molecule has 0 saturated carbocycles. The summed E-state index contributed by atoms with van der Waals surface area (Å²) in [6.45, 7) is 5.52. The highest BCUT2D eigenvalue weighted by Crippen LogP contribution is 2.40. The van der Waals surface area contributed by atoms with Gasteiger partial charge in [0.15, 0.2) is 17.4 Å². The summed E-state index contributed by atoms with van der Waals surface area (Å²) < 4.78 is 38.0. The lowest BCUT2D eigenvalue weighted by Crippen LogP contribution is -2.27. The topological polar surface area (TPSA) is 35.5 Å². The van der Waals surface area contributed by atoms with E-state index < -0.39 is 23.2 Å². The highest BCUT2D eigenvalue weighted by molar-refractivity contribution is 6.04. The molecule has 1 aliphatic heterocycles. The van der Waals surface area contributed by atoms with E-state index in [0.29, 0.717) is 28.2 Å². The number of fused-ring (bicyclic) bond motifs is 1. The predicted molar refractivity (Wildman–Crippen MR) is 95.8 cm³/mol. The van der Waals surface area contributed by atoms with Gasteiger partial charge in [-0.1, -0.05) is 13.0 Å². The van der Waals surface area contributed by atoms with Crippen LogP contribution < -0.4 is 9.47 Å². The van der Waals surface area contributed by atoms with Crippen LogP contribution in [0.25, 0.3) is 6.08 Å². The zero-order valence-corrected chi connectivity index (χ0v) is 15.1. The standard InChI is InChI=1S/C21H20F2O3/c1-12(13-5-7-16(22)17(23)11-13)19(24)15-6-8-18-14(20(15)25-4)9-10-21(2,3)26-18/h5-12H,1-4H3. The van der Waals surface area contributed by atoms with E-state index in [9.17, 15) is 13.6 Å². The Bertz CT molecular complexity index is 900. The number of halogens is 2. The molecule has 0 fully saturated rings. The Labute approximate surface area is 151 Å². The molecule has 0 N–H and O–H groups in total. The largest absolute Gasteiger partial charge is 0.495 e. The van der Waals surface area contributed by atoms with Gasteiger partial charge in [0.2, 0.25) is 0 Å². The van der Waals surface area contributed by atoms with Gasteiger partial charge >= 0.3 is 0 Å². The van der Waals surface area contributed by atoms with E-state index >= 15 is 0 Å². The molecule has 1 atom stereocenters. The van der Waals surface area contributed by atoms with Crippen molar-refractivity contribution < 1.29 is 23.0 Å². The first kappa shape index (κ1) is 18.1. The quantitative estimate of drug-likeness (QED) is 0.710. The maximum absolute atomic E-state index is 13.5. The molecule has 2 aromatic rings. The summed E-state index contributed by atoms with van der Waals surface area (Å²) in [5, 5.41) is 0. The van der Waals surface area contributed by atoms with Gasteiger partial charge < -0.3 is 9.47 Å².